The van der Waals surface area contributed by atoms with Gasteiger partial charge in [0, 0.05) is 10.9 Å². The van der Waals surface area contributed by atoms with Crippen LogP contribution in [0.2, 0.25) is 5.02 Å². The van der Waals surface area contributed by atoms with Gasteiger partial charge in [0.1, 0.15) is 22.9 Å². The Morgan fingerprint density at radius 3 is 2.52 bits per heavy atom. The molecular formula is C23H17ClN4O2S. The van der Waals surface area contributed by atoms with Crippen LogP contribution in [0.15, 0.2) is 70.6 Å². The normalized spacial score (nSPS) is 22.6. The van der Waals surface area contributed by atoms with Crippen molar-refractivity contribution in [1.82, 2.24) is 0 Å². The summed E-state index contributed by atoms with van der Waals surface area (Å²) in [4.78, 5) is 4.62. The summed E-state index contributed by atoms with van der Waals surface area (Å²) in [5, 5.41) is 20.4. The molecule has 3 atom stereocenters. The standard InChI is InChI=1S/C23H17ClN4O2S/c1-29-17-8-4-14(5-9-17)19-18(12-26)21(27)30-22-20(19)31-23(28-22)15(11-25)10-13-2-6-16(24)7-3-13/h2-10,19-20,22H,27H2,1H3/b15-10-. The van der Waals surface area contributed by atoms with Gasteiger partial charge in [0.2, 0.25) is 12.1 Å². The summed E-state index contributed by atoms with van der Waals surface area (Å²) in [6, 6.07) is 19.1. The molecule has 0 saturated heterocycles. The van der Waals surface area contributed by atoms with Crippen molar-refractivity contribution in [1.29, 1.82) is 10.5 Å². The minimum absolute atomic E-state index is 0.0651. The first-order valence-corrected chi connectivity index (χ1v) is 10.6. The largest absolute Gasteiger partial charge is 0.497 e. The molecule has 2 aromatic carbocycles. The molecule has 0 bridgehead atoms. The van der Waals surface area contributed by atoms with Gasteiger partial charge in [-0.2, -0.15) is 10.5 Å². The first-order valence-electron chi connectivity index (χ1n) is 9.36. The van der Waals surface area contributed by atoms with E-state index < -0.39 is 6.23 Å². The van der Waals surface area contributed by atoms with Gasteiger partial charge in [-0.3, -0.25) is 0 Å². The molecule has 31 heavy (non-hydrogen) atoms. The summed E-state index contributed by atoms with van der Waals surface area (Å²) in [5.74, 6) is 0.461. The highest BCUT2D eigenvalue weighted by molar-refractivity contribution is 8.15. The van der Waals surface area contributed by atoms with E-state index in [1.807, 2.05) is 36.4 Å². The Morgan fingerprint density at radius 1 is 1.19 bits per heavy atom. The number of hydrogen-bond acceptors (Lipinski definition) is 7. The van der Waals surface area contributed by atoms with Gasteiger partial charge in [-0.25, -0.2) is 4.99 Å². The van der Waals surface area contributed by atoms with E-state index in [1.54, 1.807) is 25.3 Å². The molecule has 8 heteroatoms. The van der Waals surface area contributed by atoms with Crippen LogP contribution < -0.4 is 10.5 Å². The number of ether oxygens (including phenoxy) is 2. The van der Waals surface area contributed by atoms with E-state index in [0.717, 1.165) is 16.9 Å². The van der Waals surface area contributed by atoms with Gasteiger partial charge >= 0.3 is 0 Å². The number of thioether (sulfide) groups is 1. The number of nitriles is 2. The number of hydrogen-bond donors (Lipinski definition) is 1. The Bertz CT molecular complexity index is 1170. The molecule has 0 fully saturated rings. The van der Waals surface area contributed by atoms with Crippen molar-refractivity contribution in [2.75, 3.05) is 7.11 Å². The van der Waals surface area contributed by atoms with E-state index >= 15 is 0 Å². The molecule has 0 radical (unpaired) electrons. The van der Waals surface area contributed by atoms with Crippen molar-refractivity contribution in [3.05, 3.63) is 81.7 Å². The van der Waals surface area contributed by atoms with Crippen molar-refractivity contribution in [3.8, 4) is 17.9 Å². The molecule has 2 aliphatic rings. The van der Waals surface area contributed by atoms with Gasteiger partial charge in [0.25, 0.3) is 0 Å². The zero-order chi connectivity index (χ0) is 22.0. The summed E-state index contributed by atoms with van der Waals surface area (Å²) < 4.78 is 11.0. The average Bonchev–Trinajstić information content (AvgIpc) is 3.21. The Labute approximate surface area is 189 Å². The number of methoxy groups -OCH3 is 1. The lowest BCUT2D eigenvalue weighted by molar-refractivity contribution is 0.0995. The van der Waals surface area contributed by atoms with Crippen LogP contribution in [0.5, 0.6) is 5.75 Å². The summed E-state index contributed by atoms with van der Waals surface area (Å²) in [6.07, 6.45) is 1.16. The lowest BCUT2D eigenvalue weighted by Crippen LogP contribution is -2.36. The van der Waals surface area contributed by atoms with Crippen LogP contribution in [0, 0.1) is 22.7 Å². The molecule has 3 unspecified atom stereocenters. The first kappa shape index (κ1) is 20.9. The number of fused-ring (bicyclic) bond motifs is 1. The lowest BCUT2D eigenvalue weighted by Gasteiger charge is -2.32. The maximum atomic E-state index is 9.75. The summed E-state index contributed by atoms with van der Waals surface area (Å²) in [7, 11) is 1.60. The molecule has 6 nitrogen and oxygen atoms in total. The van der Waals surface area contributed by atoms with Crippen LogP contribution in [0.25, 0.3) is 6.08 Å². The number of aliphatic imine (C=N–C) groups is 1. The molecule has 0 saturated carbocycles. The highest BCUT2D eigenvalue weighted by Crippen LogP contribution is 2.47. The van der Waals surface area contributed by atoms with Crippen molar-refractivity contribution in [2.45, 2.75) is 17.4 Å². The second kappa shape index (κ2) is 8.77. The fraction of sp³-hybridized carbons (Fsp3) is 0.174. The Balaban J connectivity index is 1.68. The summed E-state index contributed by atoms with van der Waals surface area (Å²) in [5.41, 5.74) is 8.57. The van der Waals surface area contributed by atoms with Crippen LogP contribution in [-0.4, -0.2) is 23.6 Å². The highest BCUT2D eigenvalue weighted by Gasteiger charge is 2.45. The topological polar surface area (TPSA) is 104 Å². The Morgan fingerprint density at radius 2 is 1.90 bits per heavy atom. The fourth-order valence-electron chi connectivity index (χ4n) is 3.54. The first-order chi connectivity index (χ1) is 15.0. The van der Waals surface area contributed by atoms with Crippen LogP contribution >= 0.6 is 23.4 Å². The van der Waals surface area contributed by atoms with E-state index in [-0.39, 0.29) is 17.1 Å². The third-order valence-corrected chi connectivity index (χ3v) is 6.63. The maximum absolute atomic E-state index is 9.75. The van der Waals surface area contributed by atoms with Gasteiger partial charge in [-0.15, -0.1) is 0 Å². The minimum atomic E-state index is -0.592. The molecule has 0 aromatic heterocycles. The summed E-state index contributed by atoms with van der Waals surface area (Å²) >= 11 is 7.37. The Hall–Kier alpha value is -3.39. The molecular weight excluding hydrogens is 432 g/mol. The van der Waals surface area contributed by atoms with Gasteiger partial charge in [-0.1, -0.05) is 47.6 Å². The number of rotatable bonds is 4. The maximum Gasteiger partial charge on any atom is 0.205 e. The molecule has 154 valence electrons. The predicted octanol–water partition coefficient (Wildman–Crippen LogP) is 4.60. The monoisotopic (exact) mass is 448 g/mol. The number of benzene rings is 2. The second-order valence-electron chi connectivity index (χ2n) is 6.89. The number of nitrogens with two attached hydrogens (primary N) is 1. The van der Waals surface area contributed by atoms with Gasteiger partial charge in [0.05, 0.1) is 23.5 Å². The van der Waals surface area contributed by atoms with Gasteiger partial charge in [-0.05, 0) is 41.5 Å². The smallest absolute Gasteiger partial charge is 0.205 e. The van der Waals surface area contributed by atoms with E-state index in [9.17, 15) is 10.5 Å². The number of halogens is 1. The van der Waals surface area contributed by atoms with Crippen LogP contribution in [0.3, 0.4) is 0 Å². The molecule has 0 spiro atoms. The average molecular weight is 449 g/mol. The second-order valence-corrected chi connectivity index (χ2v) is 8.49. The van der Waals surface area contributed by atoms with E-state index in [0.29, 0.717) is 21.2 Å². The third kappa shape index (κ3) is 4.11. The van der Waals surface area contributed by atoms with Crippen molar-refractivity contribution in [2.24, 2.45) is 10.7 Å². The van der Waals surface area contributed by atoms with Crippen LogP contribution in [-0.2, 0) is 4.74 Å². The molecule has 0 aliphatic carbocycles. The molecule has 2 heterocycles. The summed E-state index contributed by atoms with van der Waals surface area (Å²) in [6.45, 7) is 0. The predicted molar refractivity (Wildman–Crippen MR) is 121 cm³/mol. The number of allylic oxidation sites excluding steroid dienone is 1. The minimum Gasteiger partial charge on any atom is -0.497 e. The molecule has 4 rings (SSSR count). The SMILES string of the molecule is COc1ccc(C2C(C#N)=C(N)OC3N=C(/C(C#N)=C\c4ccc(Cl)cc4)SC32)cc1. The fourth-order valence-corrected chi connectivity index (χ4v) is 4.98. The quantitative estimate of drug-likeness (QED) is 0.685. The third-order valence-electron chi connectivity index (χ3n) is 5.05. The molecule has 2 N–H and O–H groups in total. The zero-order valence-electron chi connectivity index (χ0n) is 16.4. The lowest BCUT2D eigenvalue weighted by atomic mass is 9.86. The van der Waals surface area contributed by atoms with E-state index in [2.05, 4.69) is 17.1 Å². The van der Waals surface area contributed by atoms with Gasteiger partial charge in [0.15, 0.2) is 0 Å². The van der Waals surface area contributed by atoms with Crippen LogP contribution in [0.4, 0.5) is 0 Å². The van der Waals surface area contributed by atoms with Crippen molar-refractivity contribution in [3.63, 3.8) is 0 Å². The van der Waals surface area contributed by atoms with Crippen molar-refractivity contribution < 1.29 is 9.47 Å². The van der Waals surface area contributed by atoms with E-state index in [1.165, 1.54) is 11.8 Å². The number of nitrogens with zero attached hydrogens (tertiary/aromatic N) is 3. The highest BCUT2D eigenvalue weighted by atomic mass is 35.5. The van der Waals surface area contributed by atoms with Crippen molar-refractivity contribution >= 4 is 34.5 Å². The van der Waals surface area contributed by atoms with Crippen LogP contribution in [0.1, 0.15) is 17.0 Å². The van der Waals surface area contributed by atoms with Gasteiger partial charge < -0.3 is 15.2 Å². The van der Waals surface area contributed by atoms with E-state index in [4.69, 9.17) is 26.8 Å². The Kier molecular flexibility index (Phi) is 5.90. The molecule has 0 amide bonds. The molecule has 2 aliphatic heterocycles. The molecule has 2 aromatic rings. The zero-order valence-corrected chi connectivity index (χ0v) is 18.0.